The van der Waals surface area contributed by atoms with Gasteiger partial charge in [0, 0.05) is 16.8 Å². The van der Waals surface area contributed by atoms with E-state index in [4.69, 9.17) is 23.2 Å². The second-order valence-electron chi connectivity index (χ2n) is 7.77. The van der Waals surface area contributed by atoms with Crippen LogP contribution in [0.5, 0.6) is 0 Å². The average molecular weight is 490 g/mol. The molecule has 1 heterocycles. The third-order valence-electron chi connectivity index (χ3n) is 5.41. The first kappa shape index (κ1) is 23.0. The summed E-state index contributed by atoms with van der Waals surface area (Å²) < 4.78 is 1.86. The zero-order chi connectivity index (χ0) is 22.3. The zero-order valence-electron chi connectivity index (χ0n) is 17.6. The summed E-state index contributed by atoms with van der Waals surface area (Å²) in [5, 5.41) is 16.5. The lowest BCUT2D eigenvalue weighted by Crippen LogP contribution is -2.42. The molecule has 4 rings (SSSR count). The van der Waals surface area contributed by atoms with Crippen LogP contribution in [0, 0.1) is 0 Å². The molecule has 0 spiro atoms. The molecule has 168 valence electrons. The average Bonchev–Trinajstić information content (AvgIpc) is 3.22. The van der Waals surface area contributed by atoms with Crippen molar-refractivity contribution >= 4 is 41.0 Å². The van der Waals surface area contributed by atoms with Gasteiger partial charge < -0.3 is 10.6 Å². The molecule has 0 atom stereocenters. The summed E-state index contributed by atoms with van der Waals surface area (Å²) >= 11 is 14.3. The largest absolute Gasteiger partial charge is 0.335 e. The Morgan fingerprint density at radius 3 is 2.62 bits per heavy atom. The van der Waals surface area contributed by atoms with Crippen LogP contribution in [0.1, 0.15) is 43.5 Å². The third kappa shape index (κ3) is 5.97. The van der Waals surface area contributed by atoms with E-state index in [0.29, 0.717) is 26.7 Å². The van der Waals surface area contributed by atoms with Crippen molar-refractivity contribution < 1.29 is 4.79 Å². The maximum atomic E-state index is 12.4. The van der Waals surface area contributed by atoms with Gasteiger partial charge in [0.15, 0.2) is 11.0 Å². The molecule has 0 aliphatic heterocycles. The fraction of sp³-hybridized carbons (Fsp3) is 0.348. The number of carbonyl (C=O) groups excluding carboxylic acids is 1. The quantitative estimate of drug-likeness (QED) is 0.399. The van der Waals surface area contributed by atoms with Gasteiger partial charge in [0.2, 0.25) is 0 Å². The summed E-state index contributed by atoms with van der Waals surface area (Å²) in [5.41, 5.74) is 1.86. The molecule has 0 radical (unpaired) electrons. The number of carbonyl (C=O) groups is 1. The number of hydrogen-bond acceptors (Lipinski definition) is 4. The highest BCUT2D eigenvalue weighted by atomic mass is 35.5. The molecule has 1 aliphatic rings. The number of nitrogens with zero attached hydrogens (tertiary/aromatic N) is 3. The molecule has 0 bridgehead atoms. The SMILES string of the molecule is O=C(NCc1nnc(SCc2ccccc2)n1-c1cc(Cl)ccc1Cl)NC1CCCCC1. The van der Waals surface area contributed by atoms with Crippen molar-refractivity contribution in [2.45, 2.75) is 55.6 Å². The third-order valence-corrected chi connectivity index (χ3v) is 6.96. The van der Waals surface area contributed by atoms with Gasteiger partial charge in [0.1, 0.15) is 0 Å². The summed E-state index contributed by atoms with van der Waals surface area (Å²) in [6.07, 6.45) is 5.62. The number of halogens is 2. The van der Waals surface area contributed by atoms with E-state index >= 15 is 0 Å². The Bertz CT molecular complexity index is 1050. The summed E-state index contributed by atoms with van der Waals surface area (Å²) in [4.78, 5) is 12.4. The highest BCUT2D eigenvalue weighted by Crippen LogP contribution is 2.31. The van der Waals surface area contributed by atoms with Crippen molar-refractivity contribution in [3.8, 4) is 5.69 Å². The molecule has 2 N–H and O–H groups in total. The number of rotatable bonds is 7. The van der Waals surface area contributed by atoms with Crippen LogP contribution in [0.25, 0.3) is 5.69 Å². The zero-order valence-corrected chi connectivity index (χ0v) is 19.9. The summed E-state index contributed by atoms with van der Waals surface area (Å²) in [6.45, 7) is 0.223. The van der Waals surface area contributed by atoms with Crippen LogP contribution in [0.2, 0.25) is 10.0 Å². The van der Waals surface area contributed by atoms with E-state index in [1.807, 2.05) is 22.8 Å². The lowest BCUT2D eigenvalue weighted by Gasteiger charge is -2.22. The van der Waals surface area contributed by atoms with E-state index in [9.17, 15) is 4.79 Å². The van der Waals surface area contributed by atoms with Crippen LogP contribution in [0.15, 0.2) is 53.7 Å². The topological polar surface area (TPSA) is 71.8 Å². The van der Waals surface area contributed by atoms with Gasteiger partial charge in [-0.1, -0.05) is 84.6 Å². The summed E-state index contributed by atoms with van der Waals surface area (Å²) in [6, 6.07) is 15.5. The Kier molecular flexibility index (Phi) is 7.95. The smallest absolute Gasteiger partial charge is 0.315 e. The van der Waals surface area contributed by atoms with Gasteiger partial charge in [-0.05, 0) is 36.6 Å². The summed E-state index contributed by atoms with van der Waals surface area (Å²) in [5.74, 6) is 1.32. The van der Waals surface area contributed by atoms with Gasteiger partial charge >= 0.3 is 6.03 Å². The Balaban J connectivity index is 1.52. The second kappa shape index (κ2) is 11.1. The molecule has 1 fully saturated rings. The Labute approximate surface area is 202 Å². The minimum absolute atomic E-state index is 0.192. The Morgan fingerprint density at radius 2 is 1.84 bits per heavy atom. The number of nitrogens with one attached hydrogen (secondary N) is 2. The molecule has 6 nitrogen and oxygen atoms in total. The summed E-state index contributed by atoms with van der Waals surface area (Å²) in [7, 11) is 0. The predicted molar refractivity (Wildman–Crippen MR) is 130 cm³/mol. The molecule has 0 saturated heterocycles. The Hall–Kier alpha value is -2.22. The van der Waals surface area contributed by atoms with Gasteiger partial charge in [-0.15, -0.1) is 10.2 Å². The van der Waals surface area contributed by atoms with Gasteiger partial charge in [-0.2, -0.15) is 0 Å². The van der Waals surface area contributed by atoms with Crippen molar-refractivity contribution in [2.75, 3.05) is 0 Å². The van der Waals surface area contributed by atoms with Gasteiger partial charge in [0.05, 0.1) is 17.3 Å². The predicted octanol–water partition coefficient (Wildman–Crippen LogP) is 6.00. The fourth-order valence-electron chi connectivity index (χ4n) is 3.77. The first-order valence-electron chi connectivity index (χ1n) is 10.7. The normalized spacial score (nSPS) is 14.3. The molecule has 2 amide bonds. The molecule has 32 heavy (non-hydrogen) atoms. The molecule has 1 aliphatic carbocycles. The molecule has 1 saturated carbocycles. The second-order valence-corrected chi connectivity index (χ2v) is 9.55. The molecule has 3 aromatic rings. The van der Waals surface area contributed by atoms with Crippen molar-refractivity contribution in [1.29, 1.82) is 0 Å². The van der Waals surface area contributed by atoms with Crippen molar-refractivity contribution in [2.24, 2.45) is 0 Å². The van der Waals surface area contributed by atoms with Crippen LogP contribution in [0.4, 0.5) is 4.79 Å². The molecule has 0 unspecified atom stereocenters. The number of aromatic nitrogens is 3. The van der Waals surface area contributed by atoms with E-state index in [1.54, 1.807) is 30.0 Å². The van der Waals surface area contributed by atoms with Crippen LogP contribution in [-0.2, 0) is 12.3 Å². The molecular weight excluding hydrogens is 465 g/mol. The van der Waals surface area contributed by atoms with Crippen molar-refractivity contribution in [3.63, 3.8) is 0 Å². The lowest BCUT2D eigenvalue weighted by atomic mass is 9.96. The van der Waals surface area contributed by atoms with Gasteiger partial charge in [0.25, 0.3) is 0 Å². The van der Waals surface area contributed by atoms with Crippen LogP contribution in [-0.4, -0.2) is 26.8 Å². The molecular formula is C23H25Cl2N5OS. The first-order chi connectivity index (χ1) is 15.6. The van der Waals surface area contributed by atoms with E-state index in [1.165, 1.54) is 12.0 Å². The first-order valence-corrected chi connectivity index (χ1v) is 12.4. The minimum Gasteiger partial charge on any atom is -0.335 e. The van der Waals surface area contributed by atoms with E-state index in [2.05, 4.69) is 33.0 Å². The lowest BCUT2D eigenvalue weighted by molar-refractivity contribution is 0.232. The standard InChI is InChI=1S/C23H25Cl2N5OS/c24-17-11-12-19(25)20(13-17)30-21(14-26-22(31)27-18-9-5-2-6-10-18)28-29-23(30)32-15-16-7-3-1-4-8-16/h1,3-4,7-8,11-13,18H,2,5-6,9-10,14-15H2,(H2,26,27,31). The fourth-order valence-corrected chi connectivity index (χ4v) is 5.06. The van der Waals surface area contributed by atoms with Gasteiger partial charge in [-0.3, -0.25) is 4.57 Å². The number of hydrogen-bond donors (Lipinski definition) is 2. The number of benzene rings is 2. The monoisotopic (exact) mass is 489 g/mol. The van der Waals surface area contributed by atoms with Crippen LogP contribution >= 0.6 is 35.0 Å². The number of amides is 2. The maximum absolute atomic E-state index is 12.4. The minimum atomic E-state index is -0.192. The maximum Gasteiger partial charge on any atom is 0.315 e. The van der Waals surface area contributed by atoms with Crippen molar-refractivity contribution in [3.05, 3.63) is 70.0 Å². The van der Waals surface area contributed by atoms with E-state index in [-0.39, 0.29) is 18.6 Å². The van der Waals surface area contributed by atoms with E-state index < -0.39 is 0 Å². The number of thioether (sulfide) groups is 1. The highest BCUT2D eigenvalue weighted by Gasteiger charge is 2.19. The highest BCUT2D eigenvalue weighted by molar-refractivity contribution is 7.98. The van der Waals surface area contributed by atoms with Crippen LogP contribution in [0.3, 0.4) is 0 Å². The van der Waals surface area contributed by atoms with Crippen molar-refractivity contribution in [1.82, 2.24) is 25.4 Å². The number of urea groups is 1. The molecule has 1 aromatic heterocycles. The molecule has 9 heteroatoms. The molecule has 2 aromatic carbocycles. The Morgan fingerprint density at radius 1 is 1.06 bits per heavy atom. The van der Waals surface area contributed by atoms with E-state index in [0.717, 1.165) is 31.4 Å². The van der Waals surface area contributed by atoms with Crippen LogP contribution < -0.4 is 10.6 Å². The van der Waals surface area contributed by atoms with Gasteiger partial charge in [-0.25, -0.2) is 4.79 Å².